The van der Waals surface area contributed by atoms with Crippen LogP contribution in [0.15, 0.2) is 36.0 Å². The molecule has 2 aliphatic rings. The molecule has 0 unspecified atom stereocenters. The maximum Gasteiger partial charge on any atom is 1.00 e. The normalized spacial score (nSPS) is 23.0. The van der Waals surface area contributed by atoms with Gasteiger partial charge in [0.1, 0.15) is 0 Å². The molecule has 26 heavy (non-hydrogen) atoms. The maximum atomic E-state index is 13.4. The zero-order chi connectivity index (χ0) is 19.0. The molecule has 4 nitrogen and oxygen atoms in total. The molecule has 0 saturated heterocycles. The second kappa shape index (κ2) is 8.27. The number of carbonyl (C=O) groups is 1. The van der Waals surface area contributed by atoms with Gasteiger partial charge in [-0.3, -0.25) is 4.79 Å². The third-order valence-corrected chi connectivity index (χ3v) is 5.98. The number of fused-ring (bicyclic) bond motifs is 1. The van der Waals surface area contributed by atoms with E-state index in [4.69, 9.17) is 0 Å². The van der Waals surface area contributed by atoms with Crippen molar-refractivity contribution in [3.63, 3.8) is 0 Å². The molecular weight excluding hydrogens is 319 g/mol. The van der Waals surface area contributed by atoms with E-state index in [0.717, 1.165) is 24.8 Å². The second-order valence-corrected chi connectivity index (χ2v) is 8.32. The topological polar surface area (TPSA) is 46.6 Å². The Morgan fingerprint density at radius 3 is 2.12 bits per heavy atom. The van der Waals surface area contributed by atoms with Gasteiger partial charge >= 0.3 is 18.9 Å². The summed E-state index contributed by atoms with van der Waals surface area (Å²) in [7, 11) is 0. The molecule has 2 atom stereocenters. The average Bonchev–Trinajstić information content (AvgIpc) is 2.95. The van der Waals surface area contributed by atoms with E-state index in [-0.39, 0.29) is 53.6 Å². The molecule has 0 fully saturated rings. The minimum atomic E-state index is -0.345. The molecule has 0 N–H and O–H groups in total. The van der Waals surface area contributed by atoms with Gasteiger partial charge in [0.25, 0.3) is 0 Å². The van der Waals surface area contributed by atoms with Crippen LogP contribution >= 0.6 is 0 Å². The van der Waals surface area contributed by atoms with Gasteiger partial charge in [0, 0.05) is 23.1 Å². The van der Waals surface area contributed by atoms with Crippen molar-refractivity contribution in [3.05, 3.63) is 36.0 Å². The van der Waals surface area contributed by atoms with Crippen LogP contribution in [0.5, 0.6) is 0 Å². The Morgan fingerprint density at radius 2 is 1.65 bits per heavy atom. The quantitative estimate of drug-likeness (QED) is 0.702. The van der Waals surface area contributed by atoms with E-state index in [9.17, 15) is 9.90 Å². The molecule has 0 aromatic rings. The second-order valence-electron chi connectivity index (χ2n) is 8.32. The predicted octanol–water partition coefficient (Wildman–Crippen LogP) is 0.767. The monoisotopic (exact) mass is 352 g/mol. The number of hydrogen-bond donors (Lipinski definition) is 0. The summed E-state index contributed by atoms with van der Waals surface area (Å²) in [4.78, 5) is 17.0. The third-order valence-electron chi connectivity index (χ3n) is 5.98. The minimum absolute atomic E-state index is 0. The van der Waals surface area contributed by atoms with E-state index in [1.807, 2.05) is 44.1 Å². The van der Waals surface area contributed by atoms with Crippen molar-refractivity contribution in [2.75, 3.05) is 0 Å². The standard InChI is InChI=1S/C21H34N2O2.Li/c1-8-21(9-2,10-3)19(25)22-13-12-16-17(22)15(4)11-14-23(18(16)24)20(5,6)7;/h11-15,17,24H,8-10H2,1-7H3;/q;+1/p-1/t15-,17+;/m0./s1. The Kier molecular flexibility index (Phi) is 7.30. The SMILES string of the molecule is CCC(CC)(CC)C(=O)N1C=CC2=C([O-])N(C(C)(C)C)C=C[C@H](C)[C@H]21.[Li+]. The van der Waals surface area contributed by atoms with Gasteiger partial charge in [-0.05, 0) is 63.8 Å². The van der Waals surface area contributed by atoms with Crippen LogP contribution in [0.3, 0.4) is 0 Å². The van der Waals surface area contributed by atoms with Gasteiger partial charge < -0.3 is 14.9 Å². The summed E-state index contributed by atoms with van der Waals surface area (Å²) in [5, 5.41) is 13.1. The van der Waals surface area contributed by atoms with Crippen molar-refractivity contribution in [2.24, 2.45) is 11.3 Å². The van der Waals surface area contributed by atoms with Gasteiger partial charge in [0.2, 0.25) is 5.91 Å². The van der Waals surface area contributed by atoms with E-state index < -0.39 is 0 Å². The molecular formula is C21H33LiN2O2. The molecule has 140 valence electrons. The molecule has 2 heterocycles. The number of nitrogens with zero attached hydrogens (tertiary/aromatic N) is 2. The largest absolute Gasteiger partial charge is 1.00 e. The molecule has 0 aromatic carbocycles. The zero-order valence-electron chi connectivity index (χ0n) is 17.8. The molecule has 0 radical (unpaired) electrons. The number of hydrogen-bond acceptors (Lipinski definition) is 3. The Hall–Kier alpha value is -1.11. The Labute approximate surface area is 171 Å². The van der Waals surface area contributed by atoms with Crippen LogP contribution in [0.2, 0.25) is 0 Å². The van der Waals surface area contributed by atoms with Crippen LogP contribution < -0.4 is 24.0 Å². The molecule has 2 rings (SSSR count). The molecule has 0 bridgehead atoms. The molecule has 2 aliphatic heterocycles. The molecule has 0 aromatic heterocycles. The summed E-state index contributed by atoms with van der Waals surface area (Å²) in [5.74, 6) is 0.238. The van der Waals surface area contributed by atoms with E-state index in [2.05, 4.69) is 33.8 Å². The van der Waals surface area contributed by atoms with Gasteiger partial charge in [-0.2, -0.15) is 0 Å². The summed E-state index contributed by atoms with van der Waals surface area (Å²) < 4.78 is 0. The summed E-state index contributed by atoms with van der Waals surface area (Å²) in [5.41, 5.74) is 0.0842. The summed E-state index contributed by atoms with van der Waals surface area (Å²) in [6.07, 6.45) is 10.1. The smallest absolute Gasteiger partial charge is 0.860 e. The third kappa shape index (κ3) is 3.78. The van der Waals surface area contributed by atoms with Gasteiger partial charge in [0.05, 0.1) is 6.04 Å². The van der Waals surface area contributed by atoms with Gasteiger partial charge in [0.15, 0.2) is 0 Å². The fourth-order valence-electron chi connectivity index (χ4n) is 3.97. The van der Waals surface area contributed by atoms with Gasteiger partial charge in [-0.25, -0.2) is 0 Å². The van der Waals surface area contributed by atoms with Crippen molar-refractivity contribution < 1.29 is 28.8 Å². The van der Waals surface area contributed by atoms with Crippen LogP contribution in [0, 0.1) is 11.3 Å². The van der Waals surface area contributed by atoms with Crippen molar-refractivity contribution >= 4 is 5.91 Å². The van der Waals surface area contributed by atoms with Crippen molar-refractivity contribution in [1.29, 1.82) is 0 Å². The van der Waals surface area contributed by atoms with Crippen LogP contribution in [0.1, 0.15) is 67.7 Å². The minimum Gasteiger partial charge on any atom is -0.860 e. The zero-order valence-corrected chi connectivity index (χ0v) is 17.8. The fourth-order valence-corrected chi connectivity index (χ4v) is 3.97. The molecule has 0 spiro atoms. The average molecular weight is 352 g/mol. The van der Waals surface area contributed by atoms with E-state index in [1.54, 1.807) is 4.90 Å². The number of amides is 1. The first-order chi connectivity index (χ1) is 11.6. The van der Waals surface area contributed by atoms with Crippen molar-refractivity contribution in [3.8, 4) is 0 Å². The molecule has 0 saturated carbocycles. The van der Waals surface area contributed by atoms with E-state index in [0.29, 0.717) is 0 Å². The van der Waals surface area contributed by atoms with Gasteiger partial charge in [-0.1, -0.05) is 33.8 Å². The first kappa shape index (κ1) is 22.9. The van der Waals surface area contributed by atoms with Crippen LogP contribution in [-0.4, -0.2) is 27.3 Å². The van der Waals surface area contributed by atoms with Crippen LogP contribution in [0.4, 0.5) is 0 Å². The molecule has 5 heteroatoms. The summed E-state index contributed by atoms with van der Waals surface area (Å²) >= 11 is 0. The molecule has 1 amide bonds. The van der Waals surface area contributed by atoms with E-state index in [1.165, 1.54) is 0 Å². The maximum absolute atomic E-state index is 13.4. The summed E-state index contributed by atoms with van der Waals surface area (Å²) in [6, 6.07) is -0.201. The van der Waals surface area contributed by atoms with Crippen LogP contribution in [0.25, 0.3) is 0 Å². The van der Waals surface area contributed by atoms with E-state index >= 15 is 0 Å². The number of carbonyl (C=O) groups excluding carboxylic acids is 1. The Bertz CT molecular complexity index is 604. The first-order valence-corrected chi connectivity index (χ1v) is 9.52. The Morgan fingerprint density at radius 1 is 1.12 bits per heavy atom. The summed E-state index contributed by atoms with van der Waals surface area (Å²) in [6.45, 7) is 14.4. The first-order valence-electron chi connectivity index (χ1n) is 9.52. The molecule has 0 aliphatic carbocycles. The van der Waals surface area contributed by atoms with Crippen molar-refractivity contribution in [2.45, 2.75) is 79.3 Å². The number of rotatable bonds is 4. The van der Waals surface area contributed by atoms with Crippen molar-refractivity contribution in [1.82, 2.24) is 9.80 Å². The van der Waals surface area contributed by atoms with Gasteiger partial charge in [-0.15, -0.1) is 0 Å². The van der Waals surface area contributed by atoms with Crippen LogP contribution in [-0.2, 0) is 4.79 Å². The fraction of sp³-hybridized carbons (Fsp3) is 0.667. The predicted molar refractivity (Wildman–Crippen MR) is 100 cm³/mol. The Balaban J connectivity index is 0.00000338.